The van der Waals surface area contributed by atoms with Crippen LogP contribution in [-0.2, 0) is 21.4 Å². The first-order valence-electron chi connectivity index (χ1n) is 11.4. The third-order valence-electron chi connectivity index (χ3n) is 6.00. The molecule has 1 atom stereocenters. The number of aromatic nitrogens is 1. The van der Waals surface area contributed by atoms with Gasteiger partial charge in [-0.3, -0.25) is 4.79 Å². The van der Waals surface area contributed by atoms with E-state index in [1.807, 2.05) is 61.5 Å². The lowest BCUT2D eigenvalue weighted by Gasteiger charge is -2.31. The summed E-state index contributed by atoms with van der Waals surface area (Å²) in [5.74, 6) is -0.350. The van der Waals surface area contributed by atoms with E-state index in [0.717, 1.165) is 16.7 Å². The minimum absolute atomic E-state index is 0.0559. The van der Waals surface area contributed by atoms with Gasteiger partial charge in [0.1, 0.15) is 5.69 Å². The number of piperidine rings is 1. The molecule has 2 heterocycles. The molecule has 0 bridgehead atoms. The van der Waals surface area contributed by atoms with Gasteiger partial charge in [0.2, 0.25) is 15.9 Å². The van der Waals surface area contributed by atoms with E-state index in [1.54, 1.807) is 19.1 Å². The number of carbonyl (C=O) groups excluding carboxylic acids is 1. The van der Waals surface area contributed by atoms with Gasteiger partial charge in [-0.1, -0.05) is 71.4 Å². The molecule has 178 valence electrons. The molecule has 4 rings (SSSR count). The summed E-state index contributed by atoms with van der Waals surface area (Å²) < 4.78 is 33.8. The van der Waals surface area contributed by atoms with E-state index in [0.29, 0.717) is 31.6 Å². The fraction of sp³-hybridized carbons (Fsp3) is 0.308. The summed E-state index contributed by atoms with van der Waals surface area (Å²) in [6.07, 6.45) is 4.67. The Morgan fingerprint density at radius 1 is 1.12 bits per heavy atom. The van der Waals surface area contributed by atoms with Crippen molar-refractivity contribution in [3.63, 3.8) is 0 Å². The second-order valence-electron chi connectivity index (χ2n) is 8.61. The van der Waals surface area contributed by atoms with Crippen molar-refractivity contribution in [3.8, 4) is 0 Å². The van der Waals surface area contributed by atoms with E-state index < -0.39 is 15.9 Å². The second kappa shape index (κ2) is 10.4. The van der Waals surface area contributed by atoms with Crippen LogP contribution in [0.25, 0.3) is 12.2 Å². The van der Waals surface area contributed by atoms with Crippen LogP contribution in [0.15, 0.2) is 64.0 Å². The number of nitrogens with zero attached hydrogens (tertiary/aromatic N) is 2. The molecule has 3 aromatic rings. The maximum absolute atomic E-state index is 13.5. The van der Waals surface area contributed by atoms with Gasteiger partial charge < -0.3 is 9.84 Å². The summed E-state index contributed by atoms with van der Waals surface area (Å²) in [6.45, 7) is 4.54. The second-order valence-corrected chi connectivity index (χ2v) is 10.5. The number of carbonyl (C=O) groups is 1. The molecule has 1 aromatic heterocycles. The van der Waals surface area contributed by atoms with Crippen molar-refractivity contribution in [3.05, 3.63) is 82.7 Å². The van der Waals surface area contributed by atoms with Crippen LogP contribution in [0.3, 0.4) is 0 Å². The molecular formula is C26H29N3O4S. The average Bonchev–Trinajstić information content (AvgIpc) is 3.24. The first-order valence-corrected chi connectivity index (χ1v) is 12.8. The number of hydrogen-bond acceptors (Lipinski definition) is 5. The maximum Gasteiger partial charge on any atom is 0.248 e. The van der Waals surface area contributed by atoms with Gasteiger partial charge in [-0.25, -0.2) is 8.42 Å². The smallest absolute Gasteiger partial charge is 0.248 e. The molecule has 1 aliphatic rings. The van der Waals surface area contributed by atoms with Crippen LogP contribution in [0.1, 0.15) is 41.0 Å². The standard InChI is InChI=1S/C26H29N3O4S/c1-19-10-12-22(13-11-19)17-27-26(30)23-9-6-16-29(18-23)34(31,32)25-20(2)28-33-24(25)15-14-21-7-4-3-5-8-21/h3-5,7-8,10-15,23H,6,9,16-18H2,1-2H3,(H,27,30)/b15-14+. The maximum atomic E-state index is 13.5. The molecule has 0 spiro atoms. The highest BCUT2D eigenvalue weighted by molar-refractivity contribution is 7.89. The van der Waals surface area contributed by atoms with E-state index in [4.69, 9.17) is 4.52 Å². The van der Waals surface area contributed by atoms with Gasteiger partial charge in [0.05, 0.1) is 5.92 Å². The van der Waals surface area contributed by atoms with E-state index in [9.17, 15) is 13.2 Å². The summed E-state index contributed by atoms with van der Waals surface area (Å²) in [5, 5.41) is 6.86. The van der Waals surface area contributed by atoms with Gasteiger partial charge in [0.15, 0.2) is 10.7 Å². The topological polar surface area (TPSA) is 92.5 Å². The third kappa shape index (κ3) is 5.46. The lowest BCUT2D eigenvalue weighted by molar-refractivity contribution is -0.126. The van der Waals surface area contributed by atoms with Crippen LogP contribution < -0.4 is 5.32 Å². The molecular weight excluding hydrogens is 450 g/mol. The Morgan fingerprint density at radius 2 is 1.85 bits per heavy atom. The number of amides is 1. The van der Waals surface area contributed by atoms with E-state index in [-0.39, 0.29) is 23.1 Å². The highest BCUT2D eigenvalue weighted by Crippen LogP contribution is 2.29. The van der Waals surface area contributed by atoms with E-state index in [2.05, 4.69) is 10.5 Å². The number of aryl methyl sites for hydroxylation is 2. The Morgan fingerprint density at radius 3 is 2.59 bits per heavy atom. The molecule has 1 N–H and O–H groups in total. The molecule has 2 aromatic carbocycles. The summed E-state index contributed by atoms with van der Waals surface area (Å²) in [7, 11) is -3.88. The summed E-state index contributed by atoms with van der Waals surface area (Å²) in [5.41, 5.74) is 3.39. The highest BCUT2D eigenvalue weighted by atomic mass is 32.2. The fourth-order valence-electron chi connectivity index (χ4n) is 4.08. The van der Waals surface area contributed by atoms with Crippen LogP contribution in [0.2, 0.25) is 0 Å². The molecule has 34 heavy (non-hydrogen) atoms. The fourth-order valence-corrected chi connectivity index (χ4v) is 5.85. The molecule has 1 unspecified atom stereocenters. The van der Waals surface area contributed by atoms with Crippen LogP contribution in [-0.4, -0.2) is 36.9 Å². The predicted molar refractivity (Wildman–Crippen MR) is 131 cm³/mol. The quantitative estimate of drug-likeness (QED) is 0.549. The number of sulfonamides is 1. The monoisotopic (exact) mass is 479 g/mol. The SMILES string of the molecule is Cc1ccc(CNC(=O)C2CCCN(S(=O)(=O)c3c(C)noc3/C=C/c3ccccc3)C2)cc1. The molecule has 7 nitrogen and oxygen atoms in total. The van der Waals surface area contributed by atoms with Crippen LogP contribution in [0, 0.1) is 19.8 Å². The lowest BCUT2D eigenvalue weighted by atomic mass is 9.98. The van der Waals surface area contributed by atoms with Crippen LogP contribution in [0.5, 0.6) is 0 Å². The van der Waals surface area contributed by atoms with Gasteiger partial charge in [0, 0.05) is 19.6 Å². The minimum atomic E-state index is -3.88. The van der Waals surface area contributed by atoms with Crippen molar-refractivity contribution < 1.29 is 17.7 Å². The average molecular weight is 480 g/mol. The molecule has 1 aliphatic heterocycles. The number of benzene rings is 2. The molecule has 1 fully saturated rings. The van der Waals surface area contributed by atoms with E-state index in [1.165, 1.54) is 4.31 Å². The van der Waals surface area contributed by atoms with Crippen molar-refractivity contribution >= 4 is 28.1 Å². The first-order chi connectivity index (χ1) is 16.3. The Balaban J connectivity index is 1.47. The normalized spacial score (nSPS) is 17.2. The Bertz CT molecular complexity index is 1270. The van der Waals surface area contributed by atoms with Crippen molar-refractivity contribution in [2.24, 2.45) is 5.92 Å². The predicted octanol–water partition coefficient (Wildman–Crippen LogP) is 4.18. The minimum Gasteiger partial charge on any atom is -0.355 e. The van der Waals surface area contributed by atoms with Crippen molar-refractivity contribution in [2.75, 3.05) is 13.1 Å². The number of rotatable bonds is 7. The van der Waals surface area contributed by atoms with E-state index >= 15 is 0 Å². The van der Waals surface area contributed by atoms with Crippen molar-refractivity contribution in [1.29, 1.82) is 0 Å². The lowest BCUT2D eigenvalue weighted by Crippen LogP contribution is -2.45. The summed E-state index contributed by atoms with van der Waals surface area (Å²) in [6, 6.07) is 17.5. The highest BCUT2D eigenvalue weighted by Gasteiger charge is 2.36. The summed E-state index contributed by atoms with van der Waals surface area (Å²) >= 11 is 0. The Labute approximate surface area is 200 Å². The number of hydrogen-bond donors (Lipinski definition) is 1. The van der Waals surface area contributed by atoms with Crippen LogP contribution in [0.4, 0.5) is 0 Å². The summed E-state index contributed by atoms with van der Waals surface area (Å²) in [4.78, 5) is 12.9. The number of nitrogens with one attached hydrogen (secondary N) is 1. The van der Waals surface area contributed by atoms with Gasteiger partial charge in [0.25, 0.3) is 0 Å². The first kappa shape index (κ1) is 23.9. The van der Waals surface area contributed by atoms with Gasteiger partial charge in [-0.2, -0.15) is 4.31 Å². The molecule has 8 heteroatoms. The molecule has 1 saturated heterocycles. The third-order valence-corrected chi connectivity index (χ3v) is 8.02. The zero-order valence-electron chi connectivity index (χ0n) is 19.4. The molecule has 0 aliphatic carbocycles. The molecule has 0 radical (unpaired) electrons. The van der Waals surface area contributed by atoms with Crippen molar-refractivity contribution in [1.82, 2.24) is 14.8 Å². The molecule has 0 saturated carbocycles. The zero-order valence-corrected chi connectivity index (χ0v) is 20.2. The van der Waals surface area contributed by atoms with Crippen LogP contribution >= 0.6 is 0 Å². The van der Waals surface area contributed by atoms with Gasteiger partial charge >= 0.3 is 0 Å². The Hall–Kier alpha value is -3.23. The Kier molecular flexibility index (Phi) is 7.29. The van der Waals surface area contributed by atoms with Gasteiger partial charge in [-0.05, 0) is 43.9 Å². The molecule has 1 amide bonds. The van der Waals surface area contributed by atoms with Gasteiger partial charge in [-0.15, -0.1) is 0 Å². The van der Waals surface area contributed by atoms with Crippen molar-refractivity contribution in [2.45, 2.75) is 38.1 Å². The largest absolute Gasteiger partial charge is 0.355 e. The zero-order chi connectivity index (χ0) is 24.1.